The number of nitrogens with one attached hydrogen (secondary N) is 1. The van der Waals surface area contributed by atoms with Crippen LogP contribution >= 0.6 is 0 Å². The molecule has 1 heterocycles. The molecule has 1 amide bonds. The van der Waals surface area contributed by atoms with E-state index in [1.165, 1.54) is 16.4 Å². The van der Waals surface area contributed by atoms with Gasteiger partial charge in [0, 0.05) is 13.1 Å². The summed E-state index contributed by atoms with van der Waals surface area (Å²) in [6, 6.07) is 14.1. The summed E-state index contributed by atoms with van der Waals surface area (Å²) < 4.78 is 49.6. The zero-order valence-corrected chi connectivity index (χ0v) is 18.0. The van der Waals surface area contributed by atoms with E-state index in [1.54, 1.807) is 42.5 Å². The molecule has 8 nitrogen and oxygen atoms in total. The van der Waals surface area contributed by atoms with Gasteiger partial charge in [-0.25, -0.2) is 22.0 Å². The highest BCUT2D eigenvalue weighted by Gasteiger charge is 2.37. The number of primary sulfonamides is 1. The molecule has 3 N–H and O–H groups in total. The average Bonchev–Trinajstić information content (AvgIpc) is 2.72. The maximum absolute atomic E-state index is 13.0. The lowest BCUT2D eigenvalue weighted by molar-refractivity contribution is -0.125. The van der Waals surface area contributed by atoms with Gasteiger partial charge < -0.3 is 5.32 Å². The first-order chi connectivity index (χ1) is 14.2. The lowest BCUT2D eigenvalue weighted by atomic mass is 10.0. The fraction of sp³-hybridized carbons (Fsp3) is 0.350. The van der Waals surface area contributed by atoms with E-state index >= 15 is 0 Å². The van der Waals surface area contributed by atoms with Gasteiger partial charge in [-0.2, -0.15) is 4.31 Å². The van der Waals surface area contributed by atoms with Crippen molar-refractivity contribution in [2.24, 2.45) is 5.14 Å². The Morgan fingerprint density at radius 3 is 2.23 bits per heavy atom. The Balaban J connectivity index is 1.67. The molecule has 0 spiro atoms. The monoisotopic (exact) mass is 451 g/mol. The van der Waals surface area contributed by atoms with Gasteiger partial charge >= 0.3 is 0 Å². The van der Waals surface area contributed by atoms with E-state index in [2.05, 4.69) is 5.32 Å². The Morgan fingerprint density at radius 2 is 1.60 bits per heavy atom. The molecule has 30 heavy (non-hydrogen) atoms. The molecule has 1 aliphatic heterocycles. The average molecular weight is 452 g/mol. The van der Waals surface area contributed by atoms with Crippen LogP contribution in [0, 0.1) is 0 Å². The molecule has 3 rings (SSSR count). The number of amides is 1. The van der Waals surface area contributed by atoms with Crippen LogP contribution in [0.4, 0.5) is 0 Å². The van der Waals surface area contributed by atoms with Crippen LogP contribution in [0.3, 0.4) is 0 Å². The van der Waals surface area contributed by atoms with Gasteiger partial charge in [0.25, 0.3) is 0 Å². The zero-order valence-electron chi connectivity index (χ0n) is 16.4. The van der Waals surface area contributed by atoms with Crippen LogP contribution in [0.2, 0.25) is 0 Å². The van der Waals surface area contributed by atoms with Crippen LogP contribution < -0.4 is 10.5 Å². The summed E-state index contributed by atoms with van der Waals surface area (Å²) in [7, 11) is -7.36. The number of piperidine rings is 1. The third-order valence-corrected chi connectivity index (χ3v) is 7.62. The first-order valence-corrected chi connectivity index (χ1v) is 12.8. The molecule has 0 radical (unpaired) electrons. The molecule has 0 aliphatic carbocycles. The van der Waals surface area contributed by atoms with Crippen LogP contribution in [0.5, 0.6) is 0 Å². The molecule has 10 heteroatoms. The van der Waals surface area contributed by atoms with Crippen molar-refractivity contribution in [2.45, 2.75) is 42.5 Å². The number of benzene rings is 2. The van der Waals surface area contributed by atoms with E-state index in [4.69, 9.17) is 5.14 Å². The van der Waals surface area contributed by atoms with Crippen molar-refractivity contribution in [1.29, 1.82) is 0 Å². The summed E-state index contributed by atoms with van der Waals surface area (Å²) in [5.41, 5.74) is 1.33. The zero-order chi connectivity index (χ0) is 21.8. The third-order valence-electron chi connectivity index (χ3n) is 4.96. The fourth-order valence-corrected chi connectivity index (χ4v) is 5.81. The number of hydrogen-bond acceptors (Lipinski definition) is 5. The quantitative estimate of drug-likeness (QED) is 0.657. The van der Waals surface area contributed by atoms with Crippen LogP contribution in [0.25, 0.3) is 0 Å². The number of hydrogen-bond donors (Lipinski definition) is 2. The molecule has 2 aromatic carbocycles. The van der Waals surface area contributed by atoms with Gasteiger partial charge in [0.2, 0.25) is 26.0 Å². The van der Waals surface area contributed by atoms with Gasteiger partial charge in [0.1, 0.15) is 6.04 Å². The van der Waals surface area contributed by atoms with E-state index in [9.17, 15) is 21.6 Å². The predicted molar refractivity (Wildman–Crippen MR) is 113 cm³/mol. The lowest BCUT2D eigenvalue weighted by Crippen LogP contribution is -2.51. The maximum Gasteiger partial charge on any atom is 0.243 e. The predicted octanol–water partition coefficient (Wildman–Crippen LogP) is 1.33. The van der Waals surface area contributed by atoms with Gasteiger partial charge in [-0.1, -0.05) is 48.9 Å². The normalized spacial score (nSPS) is 18.1. The van der Waals surface area contributed by atoms with Gasteiger partial charge in [-0.15, -0.1) is 0 Å². The SMILES string of the molecule is NS(=O)(=O)Cc1ccc(CNC(=O)C2CCCCN2S(=O)(=O)c2ccccc2)cc1. The van der Waals surface area contributed by atoms with Crippen molar-refractivity contribution in [3.8, 4) is 0 Å². The fourth-order valence-electron chi connectivity index (χ4n) is 3.48. The summed E-state index contributed by atoms with van der Waals surface area (Å²) >= 11 is 0. The summed E-state index contributed by atoms with van der Waals surface area (Å²) in [6.07, 6.45) is 1.95. The van der Waals surface area contributed by atoms with Gasteiger partial charge in [-0.05, 0) is 36.1 Å². The van der Waals surface area contributed by atoms with Crippen molar-refractivity contribution >= 4 is 26.0 Å². The van der Waals surface area contributed by atoms with Gasteiger partial charge in [0.05, 0.1) is 10.6 Å². The highest BCUT2D eigenvalue weighted by Crippen LogP contribution is 2.25. The molecule has 1 fully saturated rings. The lowest BCUT2D eigenvalue weighted by Gasteiger charge is -2.33. The first-order valence-electron chi connectivity index (χ1n) is 9.60. The van der Waals surface area contributed by atoms with E-state index in [1.807, 2.05) is 0 Å². The molecule has 1 atom stereocenters. The first kappa shape index (κ1) is 22.4. The number of sulfonamides is 2. The molecule has 0 bridgehead atoms. The summed E-state index contributed by atoms with van der Waals surface area (Å²) in [4.78, 5) is 13.0. The van der Waals surface area contributed by atoms with Crippen LogP contribution in [0.15, 0.2) is 59.5 Å². The summed E-state index contributed by atoms with van der Waals surface area (Å²) in [6.45, 7) is 0.516. The molecular weight excluding hydrogens is 426 g/mol. The van der Waals surface area contributed by atoms with Crippen molar-refractivity contribution in [1.82, 2.24) is 9.62 Å². The Bertz CT molecular complexity index is 1090. The number of carbonyl (C=O) groups is 1. The molecule has 1 unspecified atom stereocenters. The van der Waals surface area contributed by atoms with E-state index in [-0.39, 0.29) is 23.1 Å². The maximum atomic E-state index is 13.0. The summed E-state index contributed by atoms with van der Waals surface area (Å²) in [5, 5.41) is 7.84. The molecule has 1 saturated heterocycles. The Labute approximate surface area is 177 Å². The second-order valence-electron chi connectivity index (χ2n) is 7.28. The number of nitrogens with two attached hydrogens (primary N) is 1. The molecule has 0 saturated carbocycles. The van der Waals surface area contributed by atoms with Crippen molar-refractivity contribution in [3.63, 3.8) is 0 Å². The van der Waals surface area contributed by atoms with E-state index in [0.29, 0.717) is 24.9 Å². The van der Waals surface area contributed by atoms with E-state index in [0.717, 1.165) is 12.0 Å². The Morgan fingerprint density at radius 1 is 0.967 bits per heavy atom. The number of rotatable bonds is 7. The second kappa shape index (κ2) is 9.25. The Hall–Kier alpha value is -2.27. The molecule has 1 aliphatic rings. The highest BCUT2D eigenvalue weighted by atomic mass is 32.2. The minimum absolute atomic E-state index is 0.176. The van der Waals surface area contributed by atoms with Crippen LogP contribution in [-0.4, -0.2) is 39.6 Å². The molecule has 2 aromatic rings. The second-order valence-corrected chi connectivity index (χ2v) is 10.8. The standard InChI is InChI=1S/C20H25N3O5S2/c21-29(25,26)15-17-11-9-16(10-12-17)14-22-20(24)19-8-4-5-13-23(19)30(27,28)18-6-2-1-3-7-18/h1-3,6-7,9-12,19H,4-5,8,13-15H2,(H,22,24)(H2,21,25,26). The van der Waals surface area contributed by atoms with Crippen molar-refractivity contribution in [3.05, 3.63) is 65.7 Å². The largest absolute Gasteiger partial charge is 0.351 e. The minimum atomic E-state index is -3.76. The highest BCUT2D eigenvalue weighted by molar-refractivity contribution is 7.89. The van der Waals surface area contributed by atoms with Gasteiger partial charge in [0.15, 0.2) is 0 Å². The summed E-state index contributed by atoms with van der Waals surface area (Å²) in [5.74, 6) is -0.601. The molecule has 0 aromatic heterocycles. The van der Waals surface area contributed by atoms with Crippen molar-refractivity contribution < 1.29 is 21.6 Å². The van der Waals surface area contributed by atoms with E-state index < -0.39 is 26.1 Å². The Kier molecular flexibility index (Phi) is 6.91. The van der Waals surface area contributed by atoms with Gasteiger partial charge in [-0.3, -0.25) is 4.79 Å². The smallest absolute Gasteiger partial charge is 0.243 e. The topological polar surface area (TPSA) is 127 Å². The number of carbonyl (C=O) groups excluding carboxylic acids is 1. The minimum Gasteiger partial charge on any atom is -0.351 e. The van der Waals surface area contributed by atoms with Crippen LogP contribution in [-0.2, 0) is 37.1 Å². The molecular formula is C20H25N3O5S2. The number of nitrogens with zero attached hydrogens (tertiary/aromatic N) is 1. The van der Waals surface area contributed by atoms with Crippen molar-refractivity contribution in [2.75, 3.05) is 6.54 Å². The molecule has 162 valence electrons. The van der Waals surface area contributed by atoms with Crippen LogP contribution in [0.1, 0.15) is 30.4 Å². The third kappa shape index (κ3) is 5.66.